The monoisotopic (exact) mass is 410 g/mol. The number of alkyl halides is 3. The topological polar surface area (TPSA) is 105 Å². The van der Waals surface area contributed by atoms with Crippen LogP contribution >= 0.6 is 0 Å². The summed E-state index contributed by atoms with van der Waals surface area (Å²) in [6.45, 7) is 2.64. The molecule has 154 valence electrons. The van der Waals surface area contributed by atoms with Crippen molar-refractivity contribution < 1.29 is 27.7 Å². The summed E-state index contributed by atoms with van der Waals surface area (Å²) in [5.41, 5.74) is 1.48. The van der Waals surface area contributed by atoms with Gasteiger partial charge in [0.25, 0.3) is 5.69 Å². The SMILES string of the molecule is Cc1cc(C)nc(CNC(=O)CN(C(=O)C(F)(F)F)c2ccc([N+](=O)[O-])cc2)c1. The fourth-order valence-electron chi connectivity index (χ4n) is 2.59. The zero-order chi connectivity index (χ0) is 21.8. The van der Waals surface area contributed by atoms with Crippen LogP contribution in [0, 0.1) is 24.0 Å². The number of hydrogen-bond donors (Lipinski definition) is 1. The normalized spacial score (nSPS) is 11.1. The molecule has 2 rings (SSSR count). The van der Waals surface area contributed by atoms with E-state index in [1.165, 1.54) is 0 Å². The van der Waals surface area contributed by atoms with Crippen molar-refractivity contribution in [2.75, 3.05) is 11.4 Å². The first-order chi connectivity index (χ1) is 13.5. The molecular weight excluding hydrogens is 393 g/mol. The van der Waals surface area contributed by atoms with Crippen LogP contribution in [-0.4, -0.2) is 34.4 Å². The summed E-state index contributed by atoms with van der Waals surface area (Å²) in [7, 11) is 0. The second-order valence-electron chi connectivity index (χ2n) is 6.22. The molecule has 29 heavy (non-hydrogen) atoms. The van der Waals surface area contributed by atoms with Gasteiger partial charge in [-0.1, -0.05) is 0 Å². The lowest BCUT2D eigenvalue weighted by molar-refractivity contribution is -0.384. The van der Waals surface area contributed by atoms with E-state index < -0.39 is 29.5 Å². The molecule has 0 fully saturated rings. The zero-order valence-corrected chi connectivity index (χ0v) is 15.5. The van der Waals surface area contributed by atoms with E-state index in [0.29, 0.717) is 11.4 Å². The summed E-state index contributed by atoms with van der Waals surface area (Å²) in [4.78, 5) is 38.3. The molecular formula is C18H17F3N4O4. The number of rotatable bonds is 6. The summed E-state index contributed by atoms with van der Waals surface area (Å²) < 4.78 is 38.8. The van der Waals surface area contributed by atoms with E-state index in [2.05, 4.69) is 10.3 Å². The molecule has 0 spiro atoms. The number of amides is 2. The Labute approximate surface area is 163 Å². The van der Waals surface area contributed by atoms with Crippen LogP contribution in [0.4, 0.5) is 24.5 Å². The molecule has 1 aromatic heterocycles. The van der Waals surface area contributed by atoms with Gasteiger partial charge in [-0.15, -0.1) is 0 Å². The van der Waals surface area contributed by atoms with E-state index in [-0.39, 0.29) is 22.8 Å². The molecule has 11 heteroatoms. The lowest BCUT2D eigenvalue weighted by Gasteiger charge is -2.23. The number of pyridine rings is 1. The largest absolute Gasteiger partial charge is 0.471 e. The summed E-state index contributed by atoms with van der Waals surface area (Å²) >= 11 is 0. The molecule has 0 unspecified atom stereocenters. The molecule has 0 saturated carbocycles. The maximum atomic E-state index is 12.9. The minimum Gasteiger partial charge on any atom is -0.349 e. The van der Waals surface area contributed by atoms with Gasteiger partial charge in [-0.3, -0.25) is 29.6 Å². The number of carbonyl (C=O) groups is 2. The Morgan fingerprint density at radius 2 is 1.79 bits per heavy atom. The number of nitro groups is 1. The molecule has 2 amide bonds. The molecule has 1 heterocycles. The summed E-state index contributed by atoms with van der Waals surface area (Å²) in [5.74, 6) is -3.10. The number of nitrogens with one attached hydrogen (secondary N) is 1. The van der Waals surface area contributed by atoms with Crippen LogP contribution in [0.3, 0.4) is 0 Å². The van der Waals surface area contributed by atoms with Crippen LogP contribution in [-0.2, 0) is 16.1 Å². The Hall–Kier alpha value is -3.50. The number of halogens is 3. The average Bonchev–Trinajstić information content (AvgIpc) is 2.62. The predicted octanol–water partition coefficient (Wildman–Crippen LogP) is 2.82. The Bertz CT molecular complexity index is 909. The van der Waals surface area contributed by atoms with Gasteiger partial charge in [-0.05, 0) is 43.7 Å². The van der Waals surface area contributed by atoms with E-state index in [0.717, 1.165) is 29.8 Å². The highest BCUT2D eigenvalue weighted by Crippen LogP contribution is 2.25. The van der Waals surface area contributed by atoms with Gasteiger partial charge in [0.2, 0.25) is 5.91 Å². The van der Waals surface area contributed by atoms with Crippen LogP contribution in [0.1, 0.15) is 17.0 Å². The van der Waals surface area contributed by atoms with Crippen molar-refractivity contribution in [3.8, 4) is 0 Å². The van der Waals surface area contributed by atoms with Gasteiger partial charge in [-0.2, -0.15) is 13.2 Å². The fraction of sp³-hybridized carbons (Fsp3) is 0.278. The molecule has 0 bridgehead atoms. The molecule has 2 aromatic rings. The van der Waals surface area contributed by atoms with E-state index in [1.54, 1.807) is 13.0 Å². The van der Waals surface area contributed by atoms with E-state index in [4.69, 9.17) is 0 Å². The van der Waals surface area contributed by atoms with Crippen molar-refractivity contribution in [3.05, 3.63) is 63.5 Å². The van der Waals surface area contributed by atoms with Crippen molar-refractivity contribution >= 4 is 23.2 Å². The first-order valence-corrected chi connectivity index (χ1v) is 8.31. The Balaban J connectivity index is 2.17. The average molecular weight is 410 g/mol. The maximum absolute atomic E-state index is 12.9. The van der Waals surface area contributed by atoms with Crippen molar-refractivity contribution in [1.29, 1.82) is 0 Å². The Kier molecular flexibility index (Phi) is 6.52. The third-order valence-electron chi connectivity index (χ3n) is 3.78. The number of nitrogens with zero attached hydrogens (tertiary/aromatic N) is 3. The number of aryl methyl sites for hydroxylation is 2. The number of carbonyl (C=O) groups excluding carboxylic acids is 2. The highest BCUT2D eigenvalue weighted by molar-refractivity contribution is 6.01. The number of anilines is 1. The van der Waals surface area contributed by atoms with Crippen molar-refractivity contribution in [1.82, 2.24) is 10.3 Å². The van der Waals surface area contributed by atoms with E-state index >= 15 is 0 Å². The van der Waals surface area contributed by atoms with Crippen LogP contribution in [0.15, 0.2) is 36.4 Å². The number of aromatic nitrogens is 1. The fourth-order valence-corrected chi connectivity index (χ4v) is 2.59. The molecule has 0 atom stereocenters. The predicted molar refractivity (Wildman–Crippen MR) is 97.1 cm³/mol. The molecule has 8 nitrogen and oxygen atoms in total. The third kappa shape index (κ3) is 5.99. The second-order valence-corrected chi connectivity index (χ2v) is 6.22. The number of hydrogen-bond acceptors (Lipinski definition) is 5. The lowest BCUT2D eigenvalue weighted by atomic mass is 10.2. The summed E-state index contributed by atoms with van der Waals surface area (Å²) in [6, 6.07) is 7.37. The standard InChI is InChI=1S/C18H17F3N4O4/c1-11-7-12(2)23-13(8-11)9-22-16(26)10-24(17(27)18(19,20)21)14-3-5-15(6-4-14)25(28)29/h3-8H,9-10H2,1-2H3,(H,22,26). The van der Waals surface area contributed by atoms with Crippen molar-refractivity contribution in [2.45, 2.75) is 26.6 Å². The maximum Gasteiger partial charge on any atom is 0.471 e. The van der Waals surface area contributed by atoms with Gasteiger partial charge in [0, 0.05) is 23.5 Å². The number of benzene rings is 1. The lowest BCUT2D eigenvalue weighted by Crippen LogP contribution is -2.46. The Morgan fingerprint density at radius 1 is 1.17 bits per heavy atom. The second kappa shape index (κ2) is 8.67. The van der Waals surface area contributed by atoms with Gasteiger partial charge >= 0.3 is 12.1 Å². The van der Waals surface area contributed by atoms with Crippen molar-refractivity contribution in [2.24, 2.45) is 0 Å². The van der Waals surface area contributed by atoms with Gasteiger partial charge in [0.1, 0.15) is 6.54 Å². The summed E-state index contributed by atoms with van der Waals surface area (Å²) in [6.07, 6.45) is -5.22. The third-order valence-corrected chi connectivity index (χ3v) is 3.78. The molecule has 0 aliphatic rings. The summed E-state index contributed by atoms with van der Waals surface area (Å²) in [5, 5.41) is 13.1. The highest BCUT2D eigenvalue weighted by Gasteiger charge is 2.43. The van der Waals surface area contributed by atoms with Crippen LogP contribution in [0.25, 0.3) is 0 Å². The molecule has 0 saturated heterocycles. The van der Waals surface area contributed by atoms with Gasteiger partial charge in [0.05, 0.1) is 17.2 Å². The quantitative estimate of drug-likeness (QED) is 0.582. The van der Waals surface area contributed by atoms with E-state index in [1.807, 2.05) is 13.0 Å². The van der Waals surface area contributed by atoms with Gasteiger partial charge in [0.15, 0.2) is 0 Å². The molecule has 0 aliphatic carbocycles. The van der Waals surface area contributed by atoms with Gasteiger partial charge < -0.3 is 5.32 Å². The highest BCUT2D eigenvalue weighted by atomic mass is 19.4. The van der Waals surface area contributed by atoms with Crippen molar-refractivity contribution in [3.63, 3.8) is 0 Å². The smallest absolute Gasteiger partial charge is 0.349 e. The molecule has 0 aliphatic heterocycles. The number of nitro benzene ring substituents is 1. The Morgan fingerprint density at radius 3 is 2.31 bits per heavy atom. The van der Waals surface area contributed by atoms with Crippen LogP contribution < -0.4 is 10.2 Å². The minimum absolute atomic E-state index is 0.0321. The molecule has 0 radical (unpaired) electrons. The molecule has 1 N–H and O–H groups in total. The van der Waals surface area contributed by atoms with Crippen LogP contribution in [0.2, 0.25) is 0 Å². The van der Waals surface area contributed by atoms with E-state index in [9.17, 15) is 32.9 Å². The first-order valence-electron chi connectivity index (χ1n) is 8.31. The number of non-ortho nitro benzene ring substituents is 1. The zero-order valence-electron chi connectivity index (χ0n) is 15.5. The van der Waals surface area contributed by atoms with Gasteiger partial charge in [-0.25, -0.2) is 0 Å². The van der Waals surface area contributed by atoms with Crippen LogP contribution in [0.5, 0.6) is 0 Å². The first kappa shape index (κ1) is 21.8. The molecule has 1 aromatic carbocycles. The minimum atomic E-state index is -5.22.